The Labute approximate surface area is 146 Å². The lowest BCUT2D eigenvalue weighted by Gasteiger charge is -2.10. The molecule has 2 heterocycles. The predicted molar refractivity (Wildman–Crippen MR) is 88.9 cm³/mol. The van der Waals surface area contributed by atoms with Gasteiger partial charge in [0.15, 0.2) is 0 Å². The highest BCUT2D eigenvalue weighted by Gasteiger charge is 2.18. The summed E-state index contributed by atoms with van der Waals surface area (Å²) in [6.45, 7) is 4.31. The maximum atomic E-state index is 12.2. The predicted octanol–water partition coefficient (Wildman–Crippen LogP) is 2.55. The number of esters is 2. The average molecular weight is 344 g/mol. The van der Waals surface area contributed by atoms with E-state index in [0.717, 1.165) is 5.56 Å². The van der Waals surface area contributed by atoms with Gasteiger partial charge < -0.3 is 14.2 Å². The summed E-state index contributed by atoms with van der Waals surface area (Å²) in [4.78, 5) is 32.2. The summed E-state index contributed by atoms with van der Waals surface area (Å²) >= 11 is 0. The number of aromatic nitrogens is 2. The lowest BCUT2D eigenvalue weighted by atomic mass is 10.1. The minimum absolute atomic E-state index is 0.103. The lowest BCUT2D eigenvalue weighted by molar-refractivity contribution is 0.0513. The molecule has 0 saturated heterocycles. The number of nitrogens with zero attached hydrogens (tertiary/aromatic N) is 2. The zero-order chi connectivity index (χ0) is 18.1. The Morgan fingerprint density at radius 1 is 1.04 bits per heavy atom. The minimum atomic E-state index is -0.555. The summed E-state index contributed by atoms with van der Waals surface area (Å²) in [5.74, 6) is -1.09. The van der Waals surface area contributed by atoms with Crippen LogP contribution in [0, 0.1) is 0 Å². The van der Waals surface area contributed by atoms with Crippen LogP contribution in [-0.4, -0.2) is 35.1 Å². The van der Waals surface area contributed by atoms with Crippen LogP contribution in [0.25, 0.3) is 0 Å². The molecule has 0 saturated carbocycles. The van der Waals surface area contributed by atoms with E-state index in [9.17, 15) is 9.59 Å². The van der Waals surface area contributed by atoms with Crippen LogP contribution in [0.5, 0.6) is 0 Å². The molecule has 2 aromatic heterocycles. The third kappa shape index (κ3) is 5.36. The fourth-order valence-corrected chi connectivity index (χ4v) is 2.07. The van der Waals surface area contributed by atoms with Gasteiger partial charge in [-0.05, 0) is 31.5 Å². The molecule has 0 radical (unpaired) electrons. The zero-order valence-corrected chi connectivity index (χ0v) is 14.2. The van der Waals surface area contributed by atoms with Crippen molar-refractivity contribution in [3.63, 3.8) is 0 Å². The summed E-state index contributed by atoms with van der Waals surface area (Å²) in [7, 11) is 0. The molecule has 2 aromatic rings. The van der Waals surface area contributed by atoms with Crippen molar-refractivity contribution in [1.82, 2.24) is 9.97 Å². The Hall–Kier alpha value is -2.80. The molecular weight excluding hydrogens is 324 g/mol. The van der Waals surface area contributed by atoms with Gasteiger partial charge in [0, 0.05) is 18.6 Å². The van der Waals surface area contributed by atoms with Crippen molar-refractivity contribution in [1.29, 1.82) is 0 Å². The van der Waals surface area contributed by atoms with Gasteiger partial charge in [0.1, 0.15) is 0 Å². The van der Waals surface area contributed by atoms with E-state index in [2.05, 4.69) is 9.97 Å². The van der Waals surface area contributed by atoms with Crippen molar-refractivity contribution in [2.75, 3.05) is 13.2 Å². The highest BCUT2D eigenvalue weighted by molar-refractivity contribution is 5.95. The number of pyridine rings is 2. The first-order valence-electron chi connectivity index (χ1n) is 7.95. The second kappa shape index (κ2) is 9.48. The van der Waals surface area contributed by atoms with E-state index in [1.165, 1.54) is 12.3 Å². The molecule has 0 aliphatic carbocycles. The molecule has 7 nitrogen and oxygen atoms in total. The Morgan fingerprint density at radius 2 is 1.80 bits per heavy atom. The van der Waals surface area contributed by atoms with Crippen LogP contribution in [0.2, 0.25) is 0 Å². The Kier molecular flexibility index (Phi) is 7.03. The molecule has 0 unspecified atom stereocenters. The second-order valence-electron chi connectivity index (χ2n) is 5.01. The first kappa shape index (κ1) is 18.5. The van der Waals surface area contributed by atoms with Crippen LogP contribution in [0.4, 0.5) is 0 Å². The third-order valence-electron chi connectivity index (χ3n) is 3.21. The van der Waals surface area contributed by atoms with Crippen LogP contribution in [0.15, 0.2) is 36.8 Å². The van der Waals surface area contributed by atoms with Crippen molar-refractivity contribution in [3.05, 3.63) is 59.2 Å². The minimum Gasteiger partial charge on any atom is -0.462 e. The topological polar surface area (TPSA) is 87.6 Å². The van der Waals surface area contributed by atoms with Crippen molar-refractivity contribution < 1.29 is 23.8 Å². The molecule has 0 aromatic carbocycles. The maximum absolute atomic E-state index is 12.2. The summed E-state index contributed by atoms with van der Waals surface area (Å²) in [5.41, 5.74) is 1.69. The number of carbonyl (C=O) groups is 2. The Morgan fingerprint density at radius 3 is 2.48 bits per heavy atom. The van der Waals surface area contributed by atoms with Crippen LogP contribution in [0.1, 0.15) is 45.8 Å². The molecule has 0 spiro atoms. The quantitative estimate of drug-likeness (QED) is 0.680. The van der Waals surface area contributed by atoms with E-state index in [-0.39, 0.29) is 30.9 Å². The smallest absolute Gasteiger partial charge is 0.340 e. The highest BCUT2D eigenvalue weighted by atomic mass is 16.5. The van der Waals surface area contributed by atoms with Gasteiger partial charge in [0.25, 0.3) is 0 Å². The summed E-state index contributed by atoms with van der Waals surface area (Å²) in [6.07, 6.45) is 4.74. The number of ether oxygens (including phenoxy) is 3. The highest BCUT2D eigenvalue weighted by Crippen LogP contribution is 2.14. The van der Waals surface area contributed by atoms with Gasteiger partial charge in [-0.2, -0.15) is 0 Å². The van der Waals surface area contributed by atoms with Gasteiger partial charge in [-0.3, -0.25) is 9.97 Å². The van der Waals surface area contributed by atoms with Gasteiger partial charge in [0.05, 0.1) is 43.2 Å². The van der Waals surface area contributed by atoms with E-state index < -0.39 is 11.9 Å². The third-order valence-corrected chi connectivity index (χ3v) is 3.21. The van der Waals surface area contributed by atoms with Crippen molar-refractivity contribution in [3.8, 4) is 0 Å². The van der Waals surface area contributed by atoms with Crippen molar-refractivity contribution in [2.45, 2.75) is 27.1 Å². The fraction of sp³-hybridized carbons (Fsp3) is 0.333. The van der Waals surface area contributed by atoms with Gasteiger partial charge in [-0.15, -0.1) is 0 Å². The molecule has 2 rings (SSSR count). The molecule has 7 heteroatoms. The zero-order valence-electron chi connectivity index (χ0n) is 14.2. The molecule has 0 bridgehead atoms. The van der Waals surface area contributed by atoms with Gasteiger partial charge in [-0.25, -0.2) is 9.59 Å². The molecule has 0 N–H and O–H groups in total. The molecule has 0 atom stereocenters. The SMILES string of the molecule is CCOC(=O)c1cnc(COCc2cccnc2)c(C(=O)OCC)c1. The van der Waals surface area contributed by atoms with E-state index in [1.807, 2.05) is 12.1 Å². The summed E-state index contributed by atoms with van der Waals surface area (Å²) < 4.78 is 15.6. The molecule has 0 fully saturated rings. The van der Waals surface area contributed by atoms with Crippen molar-refractivity contribution in [2.24, 2.45) is 0 Å². The molecule has 132 valence electrons. The summed E-state index contributed by atoms with van der Waals surface area (Å²) in [6, 6.07) is 5.12. The lowest BCUT2D eigenvalue weighted by Crippen LogP contribution is -2.14. The standard InChI is InChI=1S/C18H20N2O5/c1-3-24-17(21)14-8-15(18(22)25-4-2)16(20-10-14)12-23-11-13-6-5-7-19-9-13/h5-10H,3-4,11-12H2,1-2H3. The maximum Gasteiger partial charge on any atom is 0.340 e. The van der Waals surface area contributed by atoms with Crippen LogP contribution in [0.3, 0.4) is 0 Å². The monoisotopic (exact) mass is 344 g/mol. The number of rotatable bonds is 8. The van der Waals surface area contributed by atoms with E-state index in [4.69, 9.17) is 14.2 Å². The molecule has 0 amide bonds. The molecule has 0 aliphatic heterocycles. The number of hydrogen-bond acceptors (Lipinski definition) is 7. The summed E-state index contributed by atoms with van der Waals surface area (Å²) in [5, 5.41) is 0. The fourth-order valence-electron chi connectivity index (χ4n) is 2.07. The second-order valence-corrected chi connectivity index (χ2v) is 5.01. The van der Waals surface area contributed by atoms with Gasteiger partial charge >= 0.3 is 11.9 Å². The number of hydrogen-bond donors (Lipinski definition) is 0. The molecule has 0 aliphatic rings. The molecule has 25 heavy (non-hydrogen) atoms. The Balaban J connectivity index is 2.14. The van der Waals surface area contributed by atoms with Crippen LogP contribution in [-0.2, 0) is 27.4 Å². The normalized spacial score (nSPS) is 10.3. The number of carbonyl (C=O) groups excluding carboxylic acids is 2. The van der Waals surface area contributed by atoms with E-state index in [0.29, 0.717) is 12.3 Å². The van der Waals surface area contributed by atoms with Crippen molar-refractivity contribution >= 4 is 11.9 Å². The Bertz CT molecular complexity index is 719. The largest absolute Gasteiger partial charge is 0.462 e. The van der Waals surface area contributed by atoms with E-state index >= 15 is 0 Å². The molecular formula is C18H20N2O5. The average Bonchev–Trinajstić information content (AvgIpc) is 2.63. The van der Waals surface area contributed by atoms with Gasteiger partial charge in [0.2, 0.25) is 0 Å². The first-order valence-corrected chi connectivity index (χ1v) is 7.95. The van der Waals surface area contributed by atoms with Crippen LogP contribution < -0.4 is 0 Å². The first-order chi connectivity index (χ1) is 12.2. The van der Waals surface area contributed by atoms with Gasteiger partial charge in [-0.1, -0.05) is 6.07 Å². The van der Waals surface area contributed by atoms with Crippen LogP contribution >= 0.6 is 0 Å². The van der Waals surface area contributed by atoms with E-state index in [1.54, 1.807) is 26.2 Å².